The molecule has 1 saturated heterocycles. The number of Topliss-reactive ketones (excluding diaryl/α,β-unsaturated/α-hetero) is 1. The van der Waals surface area contributed by atoms with Crippen LogP contribution in [0.4, 0.5) is 0 Å². The van der Waals surface area contributed by atoms with Crippen molar-refractivity contribution in [1.82, 2.24) is 0 Å². The first-order valence-electron chi connectivity index (χ1n) is 6.98. The molecule has 0 aromatic heterocycles. The minimum Gasteiger partial charge on any atom is -0.491 e. The monoisotopic (exact) mass is 280 g/mol. The van der Waals surface area contributed by atoms with Crippen molar-refractivity contribution in [2.24, 2.45) is 0 Å². The van der Waals surface area contributed by atoms with Crippen molar-refractivity contribution >= 4 is 5.78 Å². The van der Waals surface area contributed by atoms with Crippen LogP contribution in [0.5, 0.6) is 5.75 Å². The molecular formula is C15H22NO4+. The molecule has 5 heteroatoms. The van der Waals surface area contributed by atoms with Crippen LogP contribution in [0, 0.1) is 0 Å². The van der Waals surface area contributed by atoms with E-state index in [9.17, 15) is 9.90 Å². The van der Waals surface area contributed by atoms with Crippen molar-refractivity contribution in [1.29, 1.82) is 0 Å². The summed E-state index contributed by atoms with van der Waals surface area (Å²) < 4.78 is 10.8. The van der Waals surface area contributed by atoms with E-state index in [-0.39, 0.29) is 12.4 Å². The van der Waals surface area contributed by atoms with Gasteiger partial charge in [-0.2, -0.15) is 0 Å². The average Bonchev–Trinajstić information content (AvgIpc) is 2.46. The molecule has 0 bridgehead atoms. The molecule has 2 rings (SSSR count). The fourth-order valence-corrected chi connectivity index (χ4v) is 2.23. The molecule has 1 aliphatic heterocycles. The maximum Gasteiger partial charge on any atom is 0.159 e. The fraction of sp³-hybridized carbons (Fsp3) is 0.533. The summed E-state index contributed by atoms with van der Waals surface area (Å²) in [5.41, 5.74) is 0.663. The molecule has 1 aromatic rings. The maximum atomic E-state index is 11.2. The van der Waals surface area contributed by atoms with Gasteiger partial charge in [0.2, 0.25) is 0 Å². The molecule has 5 nitrogen and oxygen atoms in total. The standard InChI is InChI=1S/C15H21NO4/c1-12(17)13-2-4-15(5-3-13)20-11-14(18)10-16-6-8-19-9-7-16/h2-5,14,18H,6-11H2,1H3/p+1/t14-/m1/s1. The molecule has 2 N–H and O–H groups in total. The van der Waals surface area contributed by atoms with E-state index in [0.717, 1.165) is 26.3 Å². The molecule has 0 spiro atoms. The number of quaternary nitrogens is 1. The molecule has 20 heavy (non-hydrogen) atoms. The summed E-state index contributed by atoms with van der Waals surface area (Å²) in [4.78, 5) is 12.5. The third-order valence-electron chi connectivity index (χ3n) is 3.43. The number of ketones is 1. The second-order valence-corrected chi connectivity index (χ2v) is 5.11. The number of aliphatic hydroxyl groups is 1. The molecule has 0 radical (unpaired) electrons. The lowest BCUT2D eigenvalue weighted by Gasteiger charge is -2.25. The van der Waals surface area contributed by atoms with Gasteiger partial charge in [0.25, 0.3) is 0 Å². The van der Waals surface area contributed by atoms with Crippen LogP contribution in [-0.2, 0) is 4.74 Å². The van der Waals surface area contributed by atoms with Crippen molar-refractivity contribution in [3.63, 3.8) is 0 Å². The van der Waals surface area contributed by atoms with Crippen molar-refractivity contribution in [3.8, 4) is 5.75 Å². The summed E-state index contributed by atoms with van der Waals surface area (Å²) in [5.74, 6) is 0.707. The molecule has 0 aliphatic carbocycles. The van der Waals surface area contributed by atoms with Crippen LogP contribution in [0.3, 0.4) is 0 Å². The molecule has 0 amide bonds. The number of rotatable bonds is 6. The third-order valence-corrected chi connectivity index (χ3v) is 3.43. The first-order chi connectivity index (χ1) is 9.65. The molecule has 110 valence electrons. The Hall–Kier alpha value is -1.43. The Kier molecular flexibility index (Phi) is 5.52. The summed E-state index contributed by atoms with van der Waals surface area (Å²) in [7, 11) is 0. The fourth-order valence-electron chi connectivity index (χ4n) is 2.23. The van der Waals surface area contributed by atoms with Crippen LogP contribution in [0.25, 0.3) is 0 Å². The molecule has 1 aromatic carbocycles. The number of aliphatic hydroxyl groups excluding tert-OH is 1. The zero-order valence-electron chi connectivity index (χ0n) is 11.8. The van der Waals surface area contributed by atoms with E-state index in [1.54, 1.807) is 24.3 Å². The summed E-state index contributed by atoms with van der Waals surface area (Å²) in [6.45, 7) is 5.86. The highest BCUT2D eigenvalue weighted by Crippen LogP contribution is 2.12. The van der Waals surface area contributed by atoms with Crippen LogP contribution in [0.2, 0.25) is 0 Å². The highest BCUT2D eigenvalue weighted by atomic mass is 16.5. The SMILES string of the molecule is CC(=O)c1ccc(OC[C@H](O)C[NH+]2CCOCC2)cc1. The number of benzene rings is 1. The van der Waals surface area contributed by atoms with Crippen molar-refractivity contribution in [2.75, 3.05) is 39.5 Å². The van der Waals surface area contributed by atoms with Gasteiger partial charge in [-0.15, -0.1) is 0 Å². The van der Waals surface area contributed by atoms with E-state index in [0.29, 0.717) is 17.9 Å². The molecular weight excluding hydrogens is 258 g/mol. The largest absolute Gasteiger partial charge is 0.491 e. The second-order valence-electron chi connectivity index (χ2n) is 5.11. The maximum absolute atomic E-state index is 11.2. The Morgan fingerprint density at radius 3 is 2.60 bits per heavy atom. The molecule has 0 saturated carbocycles. The van der Waals surface area contributed by atoms with Gasteiger partial charge < -0.3 is 19.5 Å². The van der Waals surface area contributed by atoms with Gasteiger partial charge in [0.05, 0.1) is 13.2 Å². The Balaban J connectivity index is 1.74. The minimum absolute atomic E-state index is 0.0347. The van der Waals surface area contributed by atoms with Crippen molar-refractivity contribution in [2.45, 2.75) is 13.0 Å². The lowest BCUT2D eigenvalue weighted by Crippen LogP contribution is -3.15. The predicted octanol–water partition coefficient (Wildman–Crippen LogP) is -0.456. The number of hydrogen-bond acceptors (Lipinski definition) is 4. The summed E-state index contributed by atoms with van der Waals surface area (Å²) in [6, 6.07) is 6.98. The van der Waals surface area contributed by atoms with Crippen LogP contribution in [-0.4, -0.2) is 56.4 Å². The van der Waals surface area contributed by atoms with Gasteiger partial charge in [-0.1, -0.05) is 0 Å². The smallest absolute Gasteiger partial charge is 0.159 e. The normalized spacial score (nSPS) is 17.7. The number of hydrogen-bond donors (Lipinski definition) is 2. The minimum atomic E-state index is -0.490. The highest BCUT2D eigenvalue weighted by Gasteiger charge is 2.18. The quantitative estimate of drug-likeness (QED) is 0.693. The highest BCUT2D eigenvalue weighted by molar-refractivity contribution is 5.94. The average molecular weight is 280 g/mol. The Morgan fingerprint density at radius 1 is 1.35 bits per heavy atom. The predicted molar refractivity (Wildman–Crippen MR) is 74.3 cm³/mol. The van der Waals surface area contributed by atoms with Crippen LogP contribution >= 0.6 is 0 Å². The lowest BCUT2D eigenvalue weighted by molar-refractivity contribution is -0.911. The molecule has 1 fully saturated rings. The van der Waals surface area contributed by atoms with Gasteiger partial charge in [-0.05, 0) is 31.2 Å². The molecule has 1 aliphatic rings. The first kappa shape index (κ1) is 15.0. The van der Waals surface area contributed by atoms with E-state index < -0.39 is 6.10 Å². The Bertz CT molecular complexity index is 426. The van der Waals surface area contributed by atoms with Gasteiger partial charge in [0, 0.05) is 5.56 Å². The van der Waals surface area contributed by atoms with Crippen molar-refractivity contribution in [3.05, 3.63) is 29.8 Å². The third kappa shape index (κ3) is 4.59. The number of nitrogens with one attached hydrogen (secondary N) is 1. The van der Waals surface area contributed by atoms with E-state index in [1.807, 2.05) is 0 Å². The summed E-state index contributed by atoms with van der Waals surface area (Å²) in [5, 5.41) is 9.96. The first-order valence-corrected chi connectivity index (χ1v) is 6.98. The van der Waals surface area contributed by atoms with Gasteiger partial charge in [0.1, 0.15) is 38.1 Å². The molecule has 0 unspecified atom stereocenters. The topological polar surface area (TPSA) is 60.2 Å². The molecule has 1 atom stereocenters. The van der Waals surface area contributed by atoms with E-state index >= 15 is 0 Å². The zero-order valence-corrected chi connectivity index (χ0v) is 11.8. The summed E-state index contributed by atoms with van der Waals surface area (Å²) in [6.07, 6.45) is -0.490. The van der Waals surface area contributed by atoms with Gasteiger partial charge in [-0.3, -0.25) is 4.79 Å². The zero-order chi connectivity index (χ0) is 14.4. The van der Waals surface area contributed by atoms with Gasteiger partial charge in [0.15, 0.2) is 5.78 Å². The Morgan fingerprint density at radius 2 is 2.00 bits per heavy atom. The number of carbonyl (C=O) groups is 1. The second kappa shape index (κ2) is 7.38. The van der Waals surface area contributed by atoms with Gasteiger partial charge in [-0.25, -0.2) is 0 Å². The summed E-state index contributed by atoms with van der Waals surface area (Å²) >= 11 is 0. The molecule has 1 heterocycles. The van der Waals surface area contributed by atoms with Crippen LogP contribution < -0.4 is 9.64 Å². The number of morpholine rings is 1. The van der Waals surface area contributed by atoms with E-state index in [1.165, 1.54) is 11.8 Å². The van der Waals surface area contributed by atoms with Crippen molar-refractivity contribution < 1.29 is 24.3 Å². The lowest BCUT2D eigenvalue weighted by atomic mass is 10.1. The van der Waals surface area contributed by atoms with E-state index in [4.69, 9.17) is 9.47 Å². The Labute approximate surface area is 119 Å². The van der Waals surface area contributed by atoms with Gasteiger partial charge >= 0.3 is 0 Å². The number of ether oxygens (including phenoxy) is 2. The number of carbonyl (C=O) groups excluding carboxylic acids is 1. The van der Waals surface area contributed by atoms with E-state index in [2.05, 4.69) is 0 Å². The van der Waals surface area contributed by atoms with Crippen LogP contribution in [0.15, 0.2) is 24.3 Å². The van der Waals surface area contributed by atoms with Crippen LogP contribution in [0.1, 0.15) is 17.3 Å².